The first-order valence-electron chi connectivity index (χ1n) is 8.27. The molecule has 0 N–H and O–H groups in total. The number of ether oxygens (including phenoxy) is 2. The van der Waals surface area contributed by atoms with E-state index in [4.69, 9.17) is 9.47 Å². The van der Waals surface area contributed by atoms with Crippen LogP contribution in [0.1, 0.15) is 47.0 Å². The Morgan fingerprint density at radius 1 is 1.48 bits per heavy atom. The summed E-state index contributed by atoms with van der Waals surface area (Å²) in [6, 6.07) is 0. The van der Waals surface area contributed by atoms with Crippen LogP contribution in [0.15, 0.2) is 11.6 Å². The van der Waals surface area contributed by atoms with Gasteiger partial charge in [0.15, 0.2) is 0 Å². The van der Waals surface area contributed by atoms with Crippen LogP contribution >= 0.6 is 0 Å². The van der Waals surface area contributed by atoms with E-state index < -0.39 is 0 Å². The molecule has 4 atom stereocenters. The summed E-state index contributed by atoms with van der Waals surface area (Å²) in [7, 11) is 0. The molecule has 1 heterocycles. The Morgan fingerprint density at radius 3 is 2.95 bits per heavy atom. The molecule has 3 heteroatoms. The number of allylic oxidation sites excluding steroid dienone is 1. The van der Waals surface area contributed by atoms with Gasteiger partial charge in [-0.25, -0.2) is 0 Å². The molecule has 0 aromatic heterocycles. The van der Waals surface area contributed by atoms with Crippen LogP contribution in [0.3, 0.4) is 0 Å². The van der Waals surface area contributed by atoms with E-state index in [0.29, 0.717) is 29.8 Å². The molecular weight excluding hydrogens is 264 g/mol. The predicted octanol–water partition coefficient (Wildman–Crippen LogP) is 3.58. The van der Waals surface area contributed by atoms with Crippen molar-refractivity contribution in [3.05, 3.63) is 11.6 Å². The fourth-order valence-corrected chi connectivity index (χ4v) is 4.79. The third-order valence-electron chi connectivity index (χ3n) is 6.37. The molecule has 0 aromatic rings. The minimum absolute atomic E-state index is 0.00516. The van der Waals surface area contributed by atoms with Crippen LogP contribution in [-0.4, -0.2) is 25.8 Å². The average molecular weight is 292 g/mol. The van der Waals surface area contributed by atoms with Gasteiger partial charge in [-0.3, -0.25) is 4.79 Å². The lowest BCUT2D eigenvalue weighted by molar-refractivity contribution is -0.166. The maximum atomic E-state index is 11.3. The third kappa shape index (κ3) is 2.44. The van der Waals surface area contributed by atoms with Gasteiger partial charge in [-0.2, -0.15) is 0 Å². The maximum Gasteiger partial charge on any atom is 0.302 e. The van der Waals surface area contributed by atoms with Gasteiger partial charge in [-0.1, -0.05) is 32.4 Å². The molecule has 2 bridgehead atoms. The van der Waals surface area contributed by atoms with E-state index >= 15 is 0 Å². The number of carbonyl (C=O) groups is 1. The number of esters is 1. The van der Waals surface area contributed by atoms with Gasteiger partial charge in [0.2, 0.25) is 0 Å². The summed E-state index contributed by atoms with van der Waals surface area (Å²) < 4.78 is 11.4. The van der Waals surface area contributed by atoms with Gasteiger partial charge in [0.25, 0.3) is 0 Å². The summed E-state index contributed by atoms with van der Waals surface area (Å²) in [6.07, 6.45) is 6.02. The molecule has 3 aliphatic rings. The van der Waals surface area contributed by atoms with E-state index in [0.717, 1.165) is 19.6 Å². The lowest BCUT2D eigenvalue weighted by atomic mass is 9.50. The van der Waals surface area contributed by atoms with Crippen molar-refractivity contribution < 1.29 is 14.3 Å². The molecule has 0 aromatic carbocycles. The zero-order valence-electron chi connectivity index (χ0n) is 13.8. The minimum atomic E-state index is -0.178. The van der Waals surface area contributed by atoms with E-state index in [1.807, 2.05) is 0 Å². The molecule has 0 radical (unpaired) electrons. The molecule has 3 rings (SSSR count). The molecule has 2 fully saturated rings. The molecule has 1 saturated heterocycles. The highest BCUT2D eigenvalue weighted by Crippen LogP contribution is 2.59. The Morgan fingerprint density at radius 2 is 2.24 bits per heavy atom. The van der Waals surface area contributed by atoms with Crippen LogP contribution < -0.4 is 0 Å². The fraction of sp³-hybridized carbons (Fsp3) is 0.833. The Kier molecular flexibility index (Phi) is 3.67. The SMILES string of the molecule is CC(=O)OC[C@]12COC[C@@H](C3=CCCC(C)(C)C3C1)C2C. The van der Waals surface area contributed by atoms with Crippen LogP contribution in [0.2, 0.25) is 0 Å². The Bertz CT molecular complexity index is 465. The Balaban J connectivity index is 1.93. The summed E-state index contributed by atoms with van der Waals surface area (Å²) in [6.45, 7) is 10.7. The number of rotatable bonds is 2. The van der Waals surface area contributed by atoms with E-state index in [9.17, 15) is 4.79 Å². The molecule has 2 unspecified atom stereocenters. The van der Waals surface area contributed by atoms with Crippen molar-refractivity contribution in [2.24, 2.45) is 28.6 Å². The largest absolute Gasteiger partial charge is 0.465 e. The summed E-state index contributed by atoms with van der Waals surface area (Å²) in [4.78, 5) is 11.3. The smallest absolute Gasteiger partial charge is 0.302 e. The molecule has 21 heavy (non-hydrogen) atoms. The topological polar surface area (TPSA) is 35.5 Å². The van der Waals surface area contributed by atoms with E-state index in [1.54, 1.807) is 5.57 Å². The van der Waals surface area contributed by atoms with Crippen molar-refractivity contribution in [1.29, 1.82) is 0 Å². The number of carbonyl (C=O) groups excluding carboxylic acids is 1. The molecule has 118 valence electrons. The number of fused-ring (bicyclic) bond motifs is 4. The molecule has 1 saturated carbocycles. The molecule has 1 aliphatic heterocycles. The highest BCUT2D eigenvalue weighted by Gasteiger charge is 2.55. The number of hydrogen-bond acceptors (Lipinski definition) is 3. The van der Waals surface area contributed by atoms with Crippen molar-refractivity contribution in [3.8, 4) is 0 Å². The average Bonchev–Trinajstić information content (AvgIpc) is 2.39. The summed E-state index contributed by atoms with van der Waals surface area (Å²) in [5.74, 6) is 1.48. The van der Waals surface area contributed by atoms with Crippen molar-refractivity contribution in [2.75, 3.05) is 19.8 Å². The summed E-state index contributed by atoms with van der Waals surface area (Å²) >= 11 is 0. The van der Waals surface area contributed by atoms with E-state index in [-0.39, 0.29) is 11.4 Å². The second-order valence-electron chi connectivity index (χ2n) is 8.04. The van der Waals surface area contributed by atoms with Crippen molar-refractivity contribution in [3.63, 3.8) is 0 Å². The van der Waals surface area contributed by atoms with Gasteiger partial charge in [-0.05, 0) is 36.5 Å². The molecule has 3 nitrogen and oxygen atoms in total. The van der Waals surface area contributed by atoms with Crippen molar-refractivity contribution in [2.45, 2.75) is 47.0 Å². The molecule has 0 spiro atoms. The summed E-state index contributed by atoms with van der Waals surface area (Å²) in [5.41, 5.74) is 1.98. The third-order valence-corrected chi connectivity index (χ3v) is 6.37. The van der Waals surface area contributed by atoms with E-state index in [2.05, 4.69) is 26.8 Å². The monoisotopic (exact) mass is 292 g/mol. The van der Waals surface area contributed by atoms with Crippen molar-refractivity contribution in [1.82, 2.24) is 0 Å². The zero-order valence-corrected chi connectivity index (χ0v) is 13.8. The van der Waals surface area contributed by atoms with Gasteiger partial charge < -0.3 is 9.47 Å². The number of hydrogen-bond donors (Lipinski definition) is 0. The first kappa shape index (κ1) is 15.1. The maximum absolute atomic E-state index is 11.3. The minimum Gasteiger partial charge on any atom is -0.465 e. The summed E-state index contributed by atoms with van der Waals surface area (Å²) in [5, 5.41) is 0. The normalized spacial score (nSPS) is 41.0. The lowest BCUT2D eigenvalue weighted by Gasteiger charge is -2.58. The van der Waals surface area contributed by atoms with Gasteiger partial charge in [0.05, 0.1) is 19.8 Å². The molecular formula is C18H28O3. The first-order chi connectivity index (χ1) is 9.86. The van der Waals surface area contributed by atoms with Crippen LogP contribution in [0.5, 0.6) is 0 Å². The van der Waals surface area contributed by atoms with Gasteiger partial charge in [0, 0.05) is 18.3 Å². The first-order valence-corrected chi connectivity index (χ1v) is 8.27. The Hall–Kier alpha value is -0.830. The van der Waals surface area contributed by atoms with Crippen LogP contribution in [0.25, 0.3) is 0 Å². The van der Waals surface area contributed by atoms with Crippen molar-refractivity contribution >= 4 is 5.97 Å². The second-order valence-corrected chi connectivity index (χ2v) is 8.04. The predicted molar refractivity (Wildman–Crippen MR) is 81.7 cm³/mol. The van der Waals surface area contributed by atoms with Gasteiger partial charge in [0.1, 0.15) is 0 Å². The van der Waals surface area contributed by atoms with Crippen LogP contribution in [-0.2, 0) is 14.3 Å². The quantitative estimate of drug-likeness (QED) is 0.576. The van der Waals surface area contributed by atoms with Gasteiger partial charge in [-0.15, -0.1) is 0 Å². The fourth-order valence-electron chi connectivity index (χ4n) is 4.79. The van der Waals surface area contributed by atoms with Crippen LogP contribution in [0, 0.1) is 28.6 Å². The molecule has 2 aliphatic carbocycles. The highest BCUT2D eigenvalue weighted by molar-refractivity contribution is 5.65. The molecule has 0 amide bonds. The standard InChI is InChI=1S/C18H28O3/c1-12-15-9-20-10-18(12,11-21-13(2)19)8-16-14(15)6-5-7-17(16,3)4/h6,12,15-16H,5,7-11H2,1-4H3/t12?,15-,16?,18-/m1/s1. The zero-order chi connectivity index (χ0) is 15.3. The van der Waals surface area contributed by atoms with E-state index in [1.165, 1.54) is 19.8 Å². The highest BCUT2D eigenvalue weighted by atomic mass is 16.5. The lowest BCUT2D eigenvalue weighted by Crippen LogP contribution is -2.56. The van der Waals surface area contributed by atoms with Gasteiger partial charge >= 0.3 is 5.97 Å². The second kappa shape index (κ2) is 5.12. The van der Waals surface area contributed by atoms with Crippen LogP contribution in [0.4, 0.5) is 0 Å². The Labute approximate surface area is 128 Å².